The highest BCUT2D eigenvalue weighted by molar-refractivity contribution is 9.10. The Morgan fingerprint density at radius 3 is 2.63 bits per heavy atom. The van der Waals surface area contributed by atoms with E-state index in [9.17, 15) is 10.1 Å². The molecule has 2 aromatic carbocycles. The summed E-state index contributed by atoms with van der Waals surface area (Å²) in [6, 6.07) is 11.6. The van der Waals surface area contributed by atoms with Crippen molar-refractivity contribution in [2.24, 2.45) is 0 Å². The maximum absolute atomic E-state index is 10.8. The second-order valence-corrected chi connectivity index (χ2v) is 4.84. The maximum atomic E-state index is 10.8. The van der Waals surface area contributed by atoms with Crippen LogP contribution in [0.1, 0.15) is 5.56 Å². The minimum Gasteiger partial charge on any atom is -0.456 e. The van der Waals surface area contributed by atoms with E-state index in [4.69, 9.17) is 16.3 Å². The number of benzene rings is 2. The lowest BCUT2D eigenvalue weighted by atomic mass is 10.2. The minimum atomic E-state index is -0.466. The van der Waals surface area contributed by atoms with E-state index in [1.54, 1.807) is 12.1 Å². The van der Waals surface area contributed by atoms with Crippen molar-refractivity contribution in [1.82, 2.24) is 0 Å². The van der Waals surface area contributed by atoms with E-state index in [2.05, 4.69) is 15.9 Å². The van der Waals surface area contributed by atoms with Gasteiger partial charge >= 0.3 is 0 Å². The average molecular weight is 343 g/mol. The molecule has 0 radical (unpaired) electrons. The van der Waals surface area contributed by atoms with E-state index in [-0.39, 0.29) is 5.69 Å². The maximum Gasteiger partial charge on any atom is 0.273 e. The van der Waals surface area contributed by atoms with Crippen LogP contribution in [0.25, 0.3) is 0 Å². The minimum absolute atomic E-state index is 0.0263. The molecule has 0 heterocycles. The summed E-state index contributed by atoms with van der Waals surface area (Å²) >= 11 is 9.12. The molecule has 2 aromatic rings. The van der Waals surface area contributed by atoms with Crippen LogP contribution in [-0.2, 0) is 5.88 Å². The molecule has 0 aromatic heterocycles. The number of rotatable bonds is 4. The van der Waals surface area contributed by atoms with Gasteiger partial charge in [0.05, 0.1) is 21.3 Å². The Labute approximate surface area is 123 Å². The van der Waals surface area contributed by atoms with Crippen LogP contribution in [0.4, 0.5) is 5.69 Å². The third kappa shape index (κ3) is 3.24. The smallest absolute Gasteiger partial charge is 0.273 e. The molecule has 0 amide bonds. The van der Waals surface area contributed by atoms with E-state index >= 15 is 0 Å². The van der Waals surface area contributed by atoms with Gasteiger partial charge in [-0.3, -0.25) is 10.1 Å². The van der Waals surface area contributed by atoms with Gasteiger partial charge in [0.15, 0.2) is 0 Å². The van der Waals surface area contributed by atoms with Crippen molar-refractivity contribution in [3.8, 4) is 11.5 Å². The van der Waals surface area contributed by atoms with Crippen molar-refractivity contribution >= 4 is 33.2 Å². The highest BCUT2D eigenvalue weighted by Gasteiger charge is 2.12. The van der Waals surface area contributed by atoms with Gasteiger partial charge in [-0.1, -0.05) is 18.2 Å². The van der Waals surface area contributed by atoms with Crippen LogP contribution in [-0.4, -0.2) is 4.92 Å². The molecule has 2 rings (SSSR count). The summed E-state index contributed by atoms with van der Waals surface area (Å²) < 4.78 is 6.33. The second kappa shape index (κ2) is 6.04. The van der Waals surface area contributed by atoms with E-state index < -0.39 is 4.92 Å². The Bertz CT molecular complexity index is 619. The Balaban J connectivity index is 2.37. The molecule has 19 heavy (non-hydrogen) atoms. The average Bonchev–Trinajstić information content (AvgIpc) is 2.41. The van der Waals surface area contributed by atoms with Gasteiger partial charge in [-0.2, -0.15) is 0 Å². The summed E-state index contributed by atoms with van der Waals surface area (Å²) in [6.45, 7) is 0. The zero-order chi connectivity index (χ0) is 13.8. The Morgan fingerprint density at radius 1 is 1.21 bits per heavy atom. The van der Waals surface area contributed by atoms with Crippen molar-refractivity contribution in [3.63, 3.8) is 0 Å². The van der Waals surface area contributed by atoms with Crippen LogP contribution in [0.5, 0.6) is 11.5 Å². The molecule has 98 valence electrons. The van der Waals surface area contributed by atoms with Gasteiger partial charge in [0.1, 0.15) is 11.5 Å². The molecule has 0 saturated heterocycles. The summed E-state index contributed by atoms with van der Waals surface area (Å²) in [5.41, 5.74) is 0.795. The second-order valence-electron chi connectivity index (χ2n) is 3.72. The first-order valence-corrected chi connectivity index (χ1v) is 6.70. The lowest BCUT2D eigenvalue weighted by Gasteiger charge is -2.10. The first-order chi connectivity index (χ1) is 9.11. The largest absolute Gasteiger partial charge is 0.456 e. The van der Waals surface area contributed by atoms with Gasteiger partial charge in [0.2, 0.25) is 0 Å². The van der Waals surface area contributed by atoms with Crippen LogP contribution in [0.2, 0.25) is 0 Å². The lowest BCUT2D eigenvalue weighted by Crippen LogP contribution is -1.92. The standard InChI is InChI=1S/C13H9BrClNO3/c14-11-6-5-10(16(17)18)7-13(11)19-12-4-2-1-3-9(12)8-15/h1-7H,8H2. The number of non-ortho nitro benzene ring substituents is 1. The highest BCUT2D eigenvalue weighted by Crippen LogP contribution is 2.34. The molecule has 0 aliphatic rings. The van der Waals surface area contributed by atoms with Crippen molar-refractivity contribution in [2.45, 2.75) is 5.88 Å². The number of hydrogen-bond acceptors (Lipinski definition) is 3. The Kier molecular flexibility index (Phi) is 4.39. The van der Waals surface area contributed by atoms with Crippen molar-refractivity contribution < 1.29 is 9.66 Å². The summed E-state index contributed by atoms with van der Waals surface area (Å²) in [5.74, 6) is 1.27. The van der Waals surface area contributed by atoms with Crippen molar-refractivity contribution in [2.75, 3.05) is 0 Å². The number of alkyl halides is 1. The fourth-order valence-corrected chi connectivity index (χ4v) is 2.06. The van der Waals surface area contributed by atoms with Crippen LogP contribution in [0.3, 0.4) is 0 Å². The lowest BCUT2D eigenvalue weighted by molar-refractivity contribution is -0.384. The molecule has 0 aliphatic carbocycles. The van der Waals surface area contributed by atoms with Gasteiger partial charge in [0.25, 0.3) is 5.69 Å². The molecule has 0 spiro atoms. The molecule has 0 aliphatic heterocycles. The predicted octanol–water partition coefficient (Wildman–Crippen LogP) is 4.89. The van der Waals surface area contributed by atoms with Gasteiger partial charge < -0.3 is 4.74 Å². The first-order valence-electron chi connectivity index (χ1n) is 5.37. The van der Waals surface area contributed by atoms with Gasteiger partial charge in [-0.25, -0.2) is 0 Å². The van der Waals surface area contributed by atoms with Crippen molar-refractivity contribution in [3.05, 3.63) is 62.6 Å². The molecule has 0 fully saturated rings. The van der Waals surface area contributed by atoms with E-state index in [1.165, 1.54) is 12.1 Å². The molecule has 0 N–H and O–H groups in total. The molecule has 4 nitrogen and oxygen atoms in total. The molecule has 0 bridgehead atoms. The van der Waals surface area contributed by atoms with Gasteiger partial charge in [-0.15, -0.1) is 11.6 Å². The van der Waals surface area contributed by atoms with E-state index in [0.717, 1.165) is 5.56 Å². The van der Waals surface area contributed by atoms with Gasteiger partial charge in [0, 0.05) is 11.6 Å². The molecular weight excluding hydrogens is 334 g/mol. The summed E-state index contributed by atoms with van der Waals surface area (Å²) in [7, 11) is 0. The van der Waals surface area contributed by atoms with E-state index in [1.807, 2.05) is 18.2 Å². The number of para-hydroxylation sites is 1. The van der Waals surface area contributed by atoms with Crippen LogP contribution in [0, 0.1) is 10.1 Å². The van der Waals surface area contributed by atoms with E-state index in [0.29, 0.717) is 21.9 Å². The normalized spacial score (nSPS) is 10.2. The first kappa shape index (κ1) is 13.8. The number of hydrogen-bond donors (Lipinski definition) is 0. The van der Waals surface area contributed by atoms with Gasteiger partial charge in [-0.05, 0) is 28.1 Å². The van der Waals surface area contributed by atoms with Crippen LogP contribution in [0.15, 0.2) is 46.9 Å². The number of halogens is 2. The predicted molar refractivity (Wildman–Crippen MR) is 76.9 cm³/mol. The molecule has 6 heteroatoms. The summed E-state index contributed by atoms with van der Waals surface area (Å²) in [6.07, 6.45) is 0. The fourth-order valence-electron chi connectivity index (χ4n) is 1.52. The summed E-state index contributed by atoms with van der Waals surface area (Å²) in [5, 5.41) is 10.8. The van der Waals surface area contributed by atoms with Crippen LogP contribution >= 0.6 is 27.5 Å². The Hall–Kier alpha value is -1.59. The monoisotopic (exact) mass is 341 g/mol. The molecule has 0 unspecified atom stereocenters. The highest BCUT2D eigenvalue weighted by atomic mass is 79.9. The number of nitrogens with zero attached hydrogens (tertiary/aromatic N) is 1. The van der Waals surface area contributed by atoms with Crippen molar-refractivity contribution in [1.29, 1.82) is 0 Å². The molecule has 0 atom stereocenters. The Morgan fingerprint density at radius 2 is 1.95 bits per heavy atom. The molecular formula is C13H9BrClNO3. The third-order valence-electron chi connectivity index (χ3n) is 2.46. The quantitative estimate of drug-likeness (QED) is 0.451. The molecule has 0 saturated carbocycles. The number of nitro groups is 1. The number of ether oxygens (including phenoxy) is 1. The zero-order valence-corrected chi connectivity index (χ0v) is 12.0. The fraction of sp³-hybridized carbons (Fsp3) is 0.0769. The van der Waals surface area contributed by atoms with Crippen LogP contribution < -0.4 is 4.74 Å². The SMILES string of the molecule is O=[N+]([O-])c1ccc(Br)c(Oc2ccccc2CCl)c1. The topological polar surface area (TPSA) is 52.4 Å². The zero-order valence-electron chi connectivity index (χ0n) is 9.68. The number of nitro benzene ring substituents is 1. The summed E-state index contributed by atoms with van der Waals surface area (Å²) in [4.78, 5) is 10.3. The third-order valence-corrected chi connectivity index (χ3v) is 3.41.